The maximum Gasteiger partial charge on any atom is 0.242 e. The number of pyridine rings is 1. The van der Waals surface area contributed by atoms with Crippen LogP contribution in [0.1, 0.15) is 49.4 Å². The van der Waals surface area contributed by atoms with Gasteiger partial charge in [-0.05, 0) is 66.3 Å². The monoisotopic (exact) mass is 492 g/mol. The Bertz CT molecular complexity index is 1170. The van der Waals surface area contributed by atoms with Crippen LogP contribution in [0, 0.1) is 12.8 Å². The van der Waals surface area contributed by atoms with Crippen LogP contribution in [-0.4, -0.2) is 28.0 Å². The topological polar surface area (TPSA) is 68.3 Å². The molecule has 3 atom stereocenters. The minimum atomic E-state index is -1.00. The first-order valence-corrected chi connectivity index (χ1v) is 13.5. The van der Waals surface area contributed by atoms with Crippen LogP contribution in [-0.2, 0) is 15.1 Å². The number of thioether (sulfide) groups is 1. The lowest BCUT2D eigenvalue weighted by Gasteiger charge is -2.39. The van der Waals surface area contributed by atoms with E-state index in [1.807, 2.05) is 66.2 Å². The second kappa shape index (κ2) is 9.55. The van der Waals surface area contributed by atoms with Gasteiger partial charge in [-0.2, -0.15) is 11.3 Å². The van der Waals surface area contributed by atoms with E-state index in [1.54, 1.807) is 0 Å². The molecule has 2 aromatic heterocycles. The lowest BCUT2D eigenvalue weighted by atomic mass is 9.79. The van der Waals surface area contributed by atoms with Crippen molar-refractivity contribution in [1.29, 1.82) is 0 Å². The van der Waals surface area contributed by atoms with Gasteiger partial charge in [0.2, 0.25) is 11.8 Å². The molecule has 3 unspecified atom stereocenters. The summed E-state index contributed by atoms with van der Waals surface area (Å²) in [6.45, 7) is 4.06. The van der Waals surface area contributed by atoms with Crippen molar-refractivity contribution in [1.82, 2.24) is 10.3 Å². The zero-order valence-electron chi connectivity index (χ0n) is 19.3. The third-order valence-electron chi connectivity index (χ3n) is 6.50. The van der Waals surface area contributed by atoms with Crippen LogP contribution < -0.4 is 10.1 Å². The second-order valence-electron chi connectivity index (χ2n) is 9.28. The molecule has 34 heavy (non-hydrogen) atoms. The molecule has 1 aliphatic heterocycles. The van der Waals surface area contributed by atoms with Gasteiger partial charge in [0.05, 0.1) is 11.8 Å². The Kier molecular flexibility index (Phi) is 6.49. The summed E-state index contributed by atoms with van der Waals surface area (Å²) in [6.07, 6.45) is 3.79. The highest BCUT2D eigenvalue weighted by atomic mass is 32.2. The third kappa shape index (κ3) is 4.77. The lowest BCUT2D eigenvalue weighted by Crippen LogP contribution is -2.58. The molecule has 3 aromatic rings. The van der Waals surface area contributed by atoms with E-state index in [9.17, 15) is 9.59 Å². The smallest absolute Gasteiger partial charge is 0.242 e. The largest absolute Gasteiger partial charge is 0.475 e. The number of rotatable bonds is 8. The van der Waals surface area contributed by atoms with E-state index in [4.69, 9.17) is 9.72 Å². The summed E-state index contributed by atoms with van der Waals surface area (Å²) < 4.78 is 6.12. The lowest BCUT2D eigenvalue weighted by molar-refractivity contribution is -0.133. The average molecular weight is 493 g/mol. The number of nitrogens with one attached hydrogen (secondary N) is 1. The Balaban J connectivity index is 1.44. The number of aromatic nitrogens is 1. The van der Waals surface area contributed by atoms with E-state index in [0.717, 1.165) is 28.4 Å². The molecule has 5 nitrogen and oxygen atoms in total. The summed E-state index contributed by atoms with van der Waals surface area (Å²) >= 11 is 2.86. The van der Waals surface area contributed by atoms with Crippen LogP contribution in [0.25, 0.3) is 0 Å². The van der Waals surface area contributed by atoms with Gasteiger partial charge < -0.3 is 10.1 Å². The summed E-state index contributed by atoms with van der Waals surface area (Å²) in [7, 11) is 0. The molecule has 1 N–H and O–H groups in total. The van der Waals surface area contributed by atoms with E-state index >= 15 is 0 Å². The van der Waals surface area contributed by atoms with Gasteiger partial charge in [0, 0.05) is 17.4 Å². The van der Waals surface area contributed by atoms with E-state index < -0.39 is 10.8 Å². The molecule has 0 radical (unpaired) electrons. The van der Waals surface area contributed by atoms with Gasteiger partial charge in [-0.15, -0.1) is 11.8 Å². The summed E-state index contributed by atoms with van der Waals surface area (Å²) in [5.41, 5.74) is 1.54. The maximum atomic E-state index is 13.5. The number of nitrogens with zero attached hydrogens (tertiary/aromatic N) is 1. The molecule has 1 aromatic carbocycles. The van der Waals surface area contributed by atoms with Crippen molar-refractivity contribution in [3.63, 3.8) is 0 Å². The maximum absolute atomic E-state index is 13.5. The Morgan fingerprint density at radius 3 is 2.71 bits per heavy atom. The molecule has 7 heteroatoms. The average Bonchev–Trinajstić information content (AvgIpc) is 3.44. The third-order valence-corrected chi connectivity index (χ3v) is 8.61. The Morgan fingerprint density at radius 1 is 1.18 bits per heavy atom. The number of hydrogen-bond donors (Lipinski definition) is 1. The van der Waals surface area contributed by atoms with Crippen molar-refractivity contribution in [3.8, 4) is 5.88 Å². The number of amides is 1. The summed E-state index contributed by atoms with van der Waals surface area (Å²) in [5, 5.41) is 6.35. The van der Waals surface area contributed by atoms with Crippen LogP contribution in [0.15, 0.2) is 64.2 Å². The van der Waals surface area contributed by atoms with Gasteiger partial charge in [0.15, 0.2) is 5.78 Å². The standard InChI is InChI=1S/C27H28N2O3S2/c1-17-6-3-4-7-22(17)34-25-21(30)15-27(29-26(25)31,20-12-13-33-16-20)23-8-5-9-24(28-23)32-18(2)14-19-10-11-19/h3-9,12-13,16,18-19,25H,10-11,14-15H2,1-2H3,(H,29,31). The number of ketones is 1. The van der Waals surface area contributed by atoms with Crippen molar-refractivity contribution in [2.45, 2.75) is 61.3 Å². The molecule has 1 saturated heterocycles. The summed E-state index contributed by atoms with van der Waals surface area (Å²) in [5.74, 6) is 0.899. The zero-order valence-corrected chi connectivity index (χ0v) is 21.0. The second-order valence-corrected chi connectivity index (χ2v) is 11.2. The molecular weight excluding hydrogens is 464 g/mol. The number of thiophene rings is 1. The Labute approximate surface area is 208 Å². The number of hydrogen-bond acceptors (Lipinski definition) is 6. The van der Waals surface area contributed by atoms with E-state index in [2.05, 4.69) is 12.2 Å². The van der Waals surface area contributed by atoms with Gasteiger partial charge in [-0.25, -0.2) is 4.98 Å². The van der Waals surface area contributed by atoms with Crippen molar-refractivity contribution < 1.29 is 14.3 Å². The molecule has 1 saturated carbocycles. The van der Waals surface area contributed by atoms with Crippen LogP contribution in [0.3, 0.4) is 0 Å². The summed E-state index contributed by atoms with van der Waals surface area (Å²) in [4.78, 5) is 32.6. The minimum Gasteiger partial charge on any atom is -0.475 e. The molecule has 5 rings (SSSR count). The first kappa shape index (κ1) is 23.1. The zero-order chi connectivity index (χ0) is 23.7. The van der Waals surface area contributed by atoms with Crippen molar-refractivity contribution >= 4 is 34.8 Å². The summed E-state index contributed by atoms with van der Waals surface area (Å²) in [6, 6.07) is 15.4. The van der Waals surface area contributed by atoms with Crippen LogP contribution in [0.2, 0.25) is 0 Å². The quantitative estimate of drug-likeness (QED) is 0.420. The Morgan fingerprint density at radius 2 is 2.00 bits per heavy atom. The van der Waals surface area contributed by atoms with Gasteiger partial charge in [-0.1, -0.05) is 37.1 Å². The van der Waals surface area contributed by atoms with Gasteiger partial charge in [-0.3, -0.25) is 9.59 Å². The van der Waals surface area contributed by atoms with Gasteiger partial charge in [0.1, 0.15) is 10.8 Å². The highest BCUT2D eigenvalue weighted by Crippen LogP contribution is 2.41. The predicted molar refractivity (Wildman–Crippen MR) is 135 cm³/mol. The van der Waals surface area contributed by atoms with E-state index in [1.165, 1.54) is 35.9 Å². The molecule has 1 aliphatic carbocycles. The number of Topliss-reactive ketones (excluding diaryl/α,β-unsaturated/α-hetero) is 1. The molecule has 2 aliphatic rings. The Hall–Kier alpha value is -2.64. The number of ether oxygens (including phenoxy) is 1. The van der Waals surface area contributed by atoms with Crippen molar-refractivity contribution in [2.75, 3.05) is 0 Å². The highest BCUT2D eigenvalue weighted by molar-refractivity contribution is 8.01. The fraction of sp³-hybridized carbons (Fsp3) is 0.370. The fourth-order valence-corrected chi connectivity index (χ4v) is 6.31. The van der Waals surface area contributed by atoms with Gasteiger partial charge >= 0.3 is 0 Å². The number of piperidine rings is 1. The first-order chi connectivity index (χ1) is 16.4. The fourth-order valence-electron chi connectivity index (χ4n) is 4.53. The van der Waals surface area contributed by atoms with Crippen LogP contribution >= 0.6 is 23.1 Å². The molecule has 1 amide bonds. The normalized spacial score (nSPS) is 23.4. The molecular formula is C27H28N2O3S2. The van der Waals surface area contributed by atoms with E-state index in [-0.39, 0.29) is 24.2 Å². The number of carbonyl (C=O) groups excluding carboxylic acids is 2. The number of carbonyl (C=O) groups is 2. The van der Waals surface area contributed by atoms with E-state index in [0.29, 0.717) is 11.6 Å². The molecule has 0 spiro atoms. The number of aryl methyl sites for hydroxylation is 1. The molecule has 176 valence electrons. The highest BCUT2D eigenvalue weighted by Gasteiger charge is 2.48. The number of benzene rings is 1. The van der Waals surface area contributed by atoms with Crippen LogP contribution in [0.4, 0.5) is 0 Å². The predicted octanol–water partition coefficient (Wildman–Crippen LogP) is 5.51. The molecule has 3 heterocycles. The molecule has 2 fully saturated rings. The SMILES string of the molecule is Cc1ccccc1SC1C(=O)CC(c2ccsc2)(c2cccc(OC(C)CC3CC3)n2)NC1=O. The van der Waals surface area contributed by atoms with Crippen molar-refractivity contribution in [2.24, 2.45) is 5.92 Å². The first-order valence-electron chi connectivity index (χ1n) is 11.7. The van der Waals surface area contributed by atoms with Gasteiger partial charge in [0.25, 0.3) is 0 Å². The van der Waals surface area contributed by atoms with Crippen molar-refractivity contribution in [3.05, 3.63) is 76.1 Å². The van der Waals surface area contributed by atoms with Crippen LogP contribution in [0.5, 0.6) is 5.88 Å². The molecule has 0 bridgehead atoms. The minimum absolute atomic E-state index is 0.0739.